The largest absolute Gasteiger partial charge is 0.378 e. The second-order valence-corrected chi connectivity index (χ2v) is 9.73. The molecule has 0 atom stereocenters. The number of piperidine rings is 1. The Morgan fingerprint density at radius 2 is 1.60 bits per heavy atom. The van der Waals surface area contributed by atoms with Crippen molar-refractivity contribution < 1.29 is 22.7 Å². The van der Waals surface area contributed by atoms with Crippen LogP contribution in [0.2, 0.25) is 0 Å². The smallest absolute Gasteiger partial charge is 0.243 e. The van der Waals surface area contributed by atoms with Gasteiger partial charge in [0.05, 0.1) is 17.5 Å². The standard InChI is InChI=1S/C21H31N3O5S/c1-3-29-19-8-10-22(11-9-19)16-21(26)23-12-14-24(15-13-23)30(27,28)20-6-4-18(5-7-20)17(2)25/h4-7,19H,3,8-16H2,1-2H3. The number of hydrogen-bond acceptors (Lipinski definition) is 6. The molecule has 9 heteroatoms. The van der Waals surface area contributed by atoms with Crippen molar-refractivity contribution in [2.75, 3.05) is 52.4 Å². The van der Waals surface area contributed by atoms with Gasteiger partial charge in [0.1, 0.15) is 0 Å². The minimum Gasteiger partial charge on any atom is -0.378 e. The van der Waals surface area contributed by atoms with Gasteiger partial charge >= 0.3 is 0 Å². The summed E-state index contributed by atoms with van der Waals surface area (Å²) < 4.78 is 32.8. The van der Waals surface area contributed by atoms with E-state index in [1.54, 1.807) is 4.90 Å². The van der Waals surface area contributed by atoms with Gasteiger partial charge in [-0.2, -0.15) is 4.31 Å². The molecule has 3 rings (SSSR count). The Balaban J connectivity index is 1.50. The van der Waals surface area contributed by atoms with Crippen LogP contribution < -0.4 is 0 Å². The number of piperazine rings is 1. The second kappa shape index (κ2) is 10.00. The summed E-state index contributed by atoms with van der Waals surface area (Å²) >= 11 is 0. The van der Waals surface area contributed by atoms with Gasteiger partial charge < -0.3 is 9.64 Å². The van der Waals surface area contributed by atoms with Gasteiger partial charge in [0.15, 0.2) is 5.78 Å². The van der Waals surface area contributed by atoms with Crippen molar-refractivity contribution in [1.82, 2.24) is 14.1 Å². The summed E-state index contributed by atoms with van der Waals surface area (Å²) in [5.41, 5.74) is 0.481. The van der Waals surface area contributed by atoms with Crippen molar-refractivity contribution >= 4 is 21.7 Å². The summed E-state index contributed by atoms with van der Waals surface area (Å²) in [6.07, 6.45) is 2.17. The van der Waals surface area contributed by atoms with E-state index in [9.17, 15) is 18.0 Å². The molecule has 30 heavy (non-hydrogen) atoms. The Morgan fingerprint density at radius 1 is 1.00 bits per heavy atom. The van der Waals surface area contributed by atoms with Crippen LogP contribution in [0.15, 0.2) is 29.2 Å². The van der Waals surface area contributed by atoms with Crippen LogP contribution in [0.25, 0.3) is 0 Å². The number of sulfonamides is 1. The van der Waals surface area contributed by atoms with Crippen LogP contribution in [-0.2, 0) is 19.6 Å². The fraction of sp³-hybridized carbons (Fsp3) is 0.619. The molecule has 0 bridgehead atoms. The number of nitrogens with zero attached hydrogens (tertiary/aromatic N) is 3. The van der Waals surface area contributed by atoms with Gasteiger partial charge in [0.2, 0.25) is 15.9 Å². The Morgan fingerprint density at radius 3 is 2.13 bits per heavy atom. The number of ether oxygens (including phenoxy) is 1. The van der Waals surface area contributed by atoms with Gasteiger partial charge in [-0.25, -0.2) is 8.42 Å². The Hall–Kier alpha value is -1.81. The molecule has 0 N–H and O–H groups in total. The maximum atomic E-state index is 12.9. The van der Waals surface area contributed by atoms with Crippen molar-refractivity contribution in [3.8, 4) is 0 Å². The van der Waals surface area contributed by atoms with Gasteiger partial charge in [-0.05, 0) is 38.8 Å². The molecule has 8 nitrogen and oxygen atoms in total. The van der Waals surface area contributed by atoms with Crippen LogP contribution in [-0.4, -0.2) is 92.7 Å². The maximum Gasteiger partial charge on any atom is 0.243 e. The molecule has 0 saturated carbocycles. The van der Waals surface area contributed by atoms with Gasteiger partial charge in [-0.3, -0.25) is 14.5 Å². The molecule has 0 radical (unpaired) electrons. The van der Waals surface area contributed by atoms with Gasteiger partial charge in [-0.1, -0.05) is 12.1 Å². The lowest BCUT2D eigenvalue weighted by Crippen LogP contribution is -2.53. The highest BCUT2D eigenvalue weighted by Crippen LogP contribution is 2.19. The molecule has 0 aliphatic carbocycles. The number of likely N-dealkylation sites (tertiary alicyclic amines) is 1. The molecule has 1 aromatic rings. The first-order chi connectivity index (χ1) is 14.3. The van der Waals surface area contributed by atoms with Crippen molar-refractivity contribution in [2.24, 2.45) is 0 Å². The van der Waals surface area contributed by atoms with E-state index in [1.165, 1.54) is 35.5 Å². The van der Waals surface area contributed by atoms with E-state index in [0.29, 0.717) is 31.3 Å². The van der Waals surface area contributed by atoms with Crippen LogP contribution in [0.3, 0.4) is 0 Å². The van der Waals surface area contributed by atoms with E-state index < -0.39 is 10.0 Å². The van der Waals surface area contributed by atoms with E-state index in [1.807, 2.05) is 6.92 Å². The number of Topliss-reactive ketones (excluding diaryl/α,β-unsaturated/α-hetero) is 1. The number of benzene rings is 1. The summed E-state index contributed by atoms with van der Waals surface area (Å²) in [6.45, 7) is 7.55. The monoisotopic (exact) mass is 437 g/mol. The first-order valence-corrected chi connectivity index (χ1v) is 12.0. The third kappa shape index (κ3) is 5.46. The fourth-order valence-corrected chi connectivity index (χ4v) is 5.37. The number of amides is 1. The van der Waals surface area contributed by atoms with Crippen LogP contribution in [0, 0.1) is 0 Å². The zero-order chi connectivity index (χ0) is 21.7. The van der Waals surface area contributed by atoms with Crippen molar-refractivity contribution in [3.63, 3.8) is 0 Å². The van der Waals surface area contributed by atoms with Crippen LogP contribution in [0.1, 0.15) is 37.0 Å². The molecular weight excluding hydrogens is 406 g/mol. The van der Waals surface area contributed by atoms with Gasteiger partial charge in [0.25, 0.3) is 0 Å². The van der Waals surface area contributed by atoms with E-state index >= 15 is 0 Å². The van der Waals surface area contributed by atoms with Crippen molar-refractivity contribution in [2.45, 2.75) is 37.7 Å². The predicted octanol–water partition coefficient (Wildman–Crippen LogP) is 1.22. The lowest BCUT2D eigenvalue weighted by Gasteiger charge is -2.36. The highest BCUT2D eigenvalue weighted by atomic mass is 32.2. The van der Waals surface area contributed by atoms with E-state index in [2.05, 4.69) is 4.90 Å². The minimum atomic E-state index is -3.63. The summed E-state index contributed by atoms with van der Waals surface area (Å²) in [4.78, 5) is 28.1. The summed E-state index contributed by atoms with van der Waals surface area (Å²) in [6, 6.07) is 6.00. The Kier molecular flexibility index (Phi) is 7.62. The summed E-state index contributed by atoms with van der Waals surface area (Å²) in [5.74, 6) is -0.0547. The molecule has 0 aromatic heterocycles. The van der Waals surface area contributed by atoms with E-state index in [0.717, 1.165) is 32.5 Å². The SMILES string of the molecule is CCOC1CCN(CC(=O)N2CCN(S(=O)(=O)c3ccc(C(C)=O)cc3)CC2)CC1. The molecule has 166 valence electrons. The molecule has 0 spiro atoms. The lowest BCUT2D eigenvalue weighted by atomic mass is 10.1. The molecule has 1 amide bonds. The average molecular weight is 438 g/mol. The van der Waals surface area contributed by atoms with Gasteiger partial charge in [0, 0.05) is 51.4 Å². The van der Waals surface area contributed by atoms with Crippen molar-refractivity contribution in [3.05, 3.63) is 29.8 Å². The quantitative estimate of drug-likeness (QED) is 0.596. The zero-order valence-electron chi connectivity index (χ0n) is 17.7. The zero-order valence-corrected chi connectivity index (χ0v) is 18.6. The third-order valence-electron chi connectivity index (χ3n) is 5.79. The van der Waals surface area contributed by atoms with Gasteiger partial charge in [-0.15, -0.1) is 0 Å². The van der Waals surface area contributed by atoms with Crippen LogP contribution in [0.5, 0.6) is 0 Å². The first-order valence-electron chi connectivity index (χ1n) is 10.5. The van der Waals surface area contributed by atoms with E-state index in [4.69, 9.17) is 4.74 Å². The predicted molar refractivity (Wildman–Crippen MR) is 113 cm³/mol. The molecule has 2 fully saturated rings. The molecular formula is C21H31N3O5S. The molecule has 2 aliphatic heterocycles. The maximum absolute atomic E-state index is 12.9. The topological polar surface area (TPSA) is 87.2 Å². The number of ketones is 1. The normalized spacial score (nSPS) is 19.7. The molecule has 2 heterocycles. The highest BCUT2D eigenvalue weighted by Gasteiger charge is 2.31. The third-order valence-corrected chi connectivity index (χ3v) is 7.70. The molecule has 2 saturated heterocycles. The number of carbonyl (C=O) groups is 2. The first kappa shape index (κ1) is 22.9. The lowest BCUT2D eigenvalue weighted by molar-refractivity contribution is -0.134. The number of rotatable bonds is 7. The van der Waals surface area contributed by atoms with Crippen molar-refractivity contribution in [1.29, 1.82) is 0 Å². The van der Waals surface area contributed by atoms with E-state index in [-0.39, 0.29) is 29.7 Å². The minimum absolute atomic E-state index is 0.0488. The molecule has 1 aromatic carbocycles. The summed E-state index contributed by atoms with van der Waals surface area (Å²) in [5, 5.41) is 0. The van der Waals surface area contributed by atoms with Crippen LogP contribution >= 0.6 is 0 Å². The Labute approximate surface area is 178 Å². The molecule has 0 unspecified atom stereocenters. The number of carbonyl (C=O) groups excluding carboxylic acids is 2. The number of hydrogen-bond donors (Lipinski definition) is 0. The average Bonchev–Trinajstić information content (AvgIpc) is 2.75. The fourth-order valence-electron chi connectivity index (χ4n) is 3.95. The second-order valence-electron chi connectivity index (χ2n) is 7.80. The summed E-state index contributed by atoms with van der Waals surface area (Å²) in [7, 11) is -3.63. The highest BCUT2D eigenvalue weighted by molar-refractivity contribution is 7.89. The Bertz CT molecular complexity index is 840. The van der Waals surface area contributed by atoms with Crippen LogP contribution in [0.4, 0.5) is 0 Å². The molecule has 2 aliphatic rings.